The molecule has 0 bridgehead atoms. The maximum Gasteiger partial charge on any atom is 0.406 e. The van der Waals surface area contributed by atoms with Gasteiger partial charge in [0.2, 0.25) is 11.6 Å². The molecule has 0 fully saturated rings. The van der Waals surface area contributed by atoms with Gasteiger partial charge in [-0.25, -0.2) is 8.78 Å². The number of ether oxygens (including phenoxy) is 1. The second kappa shape index (κ2) is 24.9. The summed E-state index contributed by atoms with van der Waals surface area (Å²) in [5.41, 5.74) is 10.3. The Morgan fingerprint density at radius 3 is 1.49 bits per heavy atom. The van der Waals surface area contributed by atoms with Crippen LogP contribution in [0, 0.1) is 37.7 Å². The number of aliphatic hydroxyl groups is 1. The van der Waals surface area contributed by atoms with Gasteiger partial charge in [-0.05, 0) is 144 Å². The third-order valence-corrected chi connectivity index (χ3v) is 12.6. The van der Waals surface area contributed by atoms with Gasteiger partial charge in [-0.1, -0.05) is 27.7 Å². The topological polar surface area (TPSA) is 213 Å². The summed E-state index contributed by atoms with van der Waals surface area (Å²) >= 11 is 6.20. The van der Waals surface area contributed by atoms with Crippen molar-refractivity contribution >= 4 is 43.5 Å². The highest BCUT2D eigenvalue weighted by Gasteiger charge is 2.26. The van der Waals surface area contributed by atoms with Gasteiger partial charge in [0, 0.05) is 105 Å². The summed E-state index contributed by atoms with van der Waals surface area (Å²) in [4.78, 5) is 27.1. The molecule has 396 valence electrons. The first-order valence-electron chi connectivity index (χ1n) is 23.8. The zero-order valence-corrected chi connectivity index (χ0v) is 46.1. The average molecular weight is 1160 g/mol. The Balaban J connectivity index is 0.000000209. The van der Waals surface area contributed by atoms with Crippen LogP contribution in [0.25, 0.3) is 22.5 Å². The van der Waals surface area contributed by atoms with E-state index in [2.05, 4.69) is 93.9 Å². The van der Waals surface area contributed by atoms with Gasteiger partial charge >= 0.3 is 11.6 Å². The standard InChI is InChI=1S/C26H28BrFN6O3.C21H27FN4O.C5H2BrFN2O2/c1-6-33-14-18(24(31-33)15(2)3)9-17-13-32(5)30-25(17)21-8-7-20(28)11-22(21)16(4)37-23-10-19(27)12-29-26(23)34(35)36;1-6-26-12-16(20(24-26)13(2)3)9-15-11-25(5)23-21(15)18-8-7-17(22)10-19(18)14(4)27;6-3-1-4(7)5(8-2-3)9(10)11/h7-8,10-16H,6,9H2,1-5H3;7-8,10-14,27H,6,9H2,1-5H3;1-2H/t16-;14-;/m11./s1. The third-order valence-electron chi connectivity index (χ3n) is 11.7. The van der Waals surface area contributed by atoms with Gasteiger partial charge in [-0.2, -0.15) is 24.8 Å². The number of hydrogen-bond donors (Lipinski definition) is 1. The van der Waals surface area contributed by atoms with Crippen LogP contribution in [-0.2, 0) is 40.0 Å². The summed E-state index contributed by atoms with van der Waals surface area (Å²) < 4.78 is 55.0. The van der Waals surface area contributed by atoms with E-state index < -0.39 is 45.3 Å². The lowest BCUT2D eigenvalue weighted by Gasteiger charge is -2.18. The van der Waals surface area contributed by atoms with Crippen LogP contribution in [0.5, 0.6) is 5.75 Å². The Morgan fingerprint density at radius 1 is 0.627 bits per heavy atom. The van der Waals surface area contributed by atoms with Gasteiger partial charge in [-0.3, -0.25) is 18.7 Å². The summed E-state index contributed by atoms with van der Waals surface area (Å²) in [6, 6.07) is 11.4. The van der Waals surface area contributed by atoms with Crippen molar-refractivity contribution in [2.75, 3.05) is 0 Å². The molecule has 6 heterocycles. The van der Waals surface area contributed by atoms with Crippen molar-refractivity contribution in [2.45, 2.75) is 105 Å². The van der Waals surface area contributed by atoms with E-state index in [4.69, 9.17) is 20.0 Å². The fourth-order valence-electron chi connectivity index (χ4n) is 8.34. The number of nitro groups is 2. The van der Waals surface area contributed by atoms with Gasteiger partial charge in [0.05, 0.1) is 37.8 Å². The van der Waals surface area contributed by atoms with Crippen molar-refractivity contribution in [3.8, 4) is 28.3 Å². The molecule has 0 aliphatic carbocycles. The second-order valence-corrected chi connectivity index (χ2v) is 20.0. The largest absolute Gasteiger partial charge is 0.478 e. The zero-order valence-electron chi connectivity index (χ0n) is 43.0. The van der Waals surface area contributed by atoms with Crippen molar-refractivity contribution in [3.63, 3.8) is 0 Å². The highest BCUT2D eigenvalue weighted by atomic mass is 79.9. The lowest BCUT2D eigenvalue weighted by molar-refractivity contribution is -0.392. The molecule has 0 amide bonds. The number of nitrogens with zero attached hydrogens (tertiary/aromatic N) is 12. The molecular weight excluding hydrogens is 1110 g/mol. The normalized spacial score (nSPS) is 12.0. The summed E-state index contributed by atoms with van der Waals surface area (Å²) in [7, 11) is 3.71. The second-order valence-electron chi connectivity index (χ2n) is 18.2. The molecule has 8 rings (SSSR count). The maximum atomic E-state index is 14.4. The van der Waals surface area contributed by atoms with E-state index in [-0.39, 0.29) is 17.5 Å². The van der Waals surface area contributed by atoms with Crippen LogP contribution in [0.3, 0.4) is 0 Å². The van der Waals surface area contributed by atoms with Crippen LogP contribution < -0.4 is 4.74 Å². The van der Waals surface area contributed by atoms with Crippen LogP contribution in [0.1, 0.15) is 124 Å². The first kappa shape index (κ1) is 57.2. The molecule has 0 saturated carbocycles. The highest BCUT2D eigenvalue weighted by molar-refractivity contribution is 9.10. The molecule has 8 aromatic rings. The number of aromatic nitrogens is 10. The lowest BCUT2D eigenvalue weighted by Crippen LogP contribution is -2.08. The number of aliphatic hydroxyl groups excluding tert-OH is 1. The smallest absolute Gasteiger partial charge is 0.406 e. The van der Waals surface area contributed by atoms with Gasteiger partial charge in [0.15, 0.2) is 12.4 Å². The van der Waals surface area contributed by atoms with E-state index in [0.717, 1.165) is 58.5 Å². The maximum absolute atomic E-state index is 14.4. The number of aryl methyl sites for hydroxylation is 4. The van der Waals surface area contributed by atoms with E-state index in [1.807, 2.05) is 42.8 Å². The number of halogens is 5. The zero-order chi connectivity index (χ0) is 55.0. The van der Waals surface area contributed by atoms with E-state index in [1.165, 1.54) is 48.3 Å². The summed E-state index contributed by atoms with van der Waals surface area (Å²) in [5.74, 6) is -2.35. The Morgan fingerprint density at radius 2 is 1.07 bits per heavy atom. The van der Waals surface area contributed by atoms with Gasteiger partial charge in [0.25, 0.3) is 0 Å². The van der Waals surface area contributed by atoms with Crippen LogP contribution in [0.4, 0.5) is 24.8 Å². The Labute approximate surface area is 448 Å². The fraction of sp³-hybridized carbons (Fsp3) is 0.346. The van der Waals surface area contributed by atoms with E-state index >= 15 is 0 Å². The van der Waals surface area contributed by atoms with E-state index in [1.54, 1.807) is 35.3 Å². The first-order chi connectivity index (χ1) is 35.5. The van der Waals surface area contributed by atoms with Gasteiger partial charge in [-0.15, -0.1) is 0 Å². The van der Waals surface area contributed by atoms with Crippen molar-refractivity contribution in [1.29, 1.82) is 0 Å². The van der Waals surface area contributed by atoms with Crippen molar-refractivity contribution in [2.24, 2.45) is 14.1 Å². The molecule has 75 heavy (non-hydrogen) atoms. The fourth-order valence-corrected chi connectivity index (χ4v) is 8.95. The molecule has 0 saturated heterocycles. The molecular formula is C52H57Br2F3N12O6. The highest BCUT2D eigenvalue weighted by Crippen LogP contribution is 2.38. The number of benzene rings is 2. The van der Waals surface area contributed by atoms with E-state index in [0.29, 0.717) is 50.1 Å². The Hall–Kier alpha value is -7.11. The predicted molar refractivity (Wildman–Crippen MR) is 284 cm³/mol. The van der Waals surface area contributed by atoms with Crippen LogP contribution in [0.15, 0.2) is 94.7 Å². The van der Waals surface area contributed by atoms with Gasteiger partial charge in [0.1, 0.15) is 17.7 Å². The molecule has 2 aromatic carbocycles. The van der Waals surface area contributed by atoms with Gasteiger partial charge < -0.3 is 30.1 Å². The molecule has 6 aromatic heterocycles. The molecule has 0 radical (unpaired) electrons. The average Bonchev–Trinajstić information content (AvgIpc) is 4.14. The molecule has 1 N–H and O–H groups in total. The van der Waals surface area contributed by atoms with E-state index in [9.17, 15) is 38.5 Å². The summed E-state index contributed by atoms with van der Waals surface area (Å²) in [6.07, 6.45) is 10.4. The number of pyridine rings is 2. The minimum absolute atomic E-state index is 0.0168. The predicted octanol–water partition coefficient (Wildman–Crippen LogP) is 12.5. The monoisotopic (exact) mass is 1160 g/mol. The minimum Gasteiger partial charge on any atom is -0.478 e. The Kier molecular flexibility index (Phi) is 19.0. The first-order valence-corrected chi connectivity index (χ1v) is 25.4. The molecule has 0 aliphatic heterocycles. The summed E-state index contributed by atoms with van der Waals surface area (Å²) in [5, 5.41) is 50.3. The Bertz CT molecular complexity index is 3320. The summed E-state index contributed by atoms with van der Waals surface area (Å²) in [6.45, 7) is 17.6. The van der Waals surface area contributed by atoms with Crippen LogP contribution in [0.2, 0.25) is 0 Å². The third kappa shape index (κ3) is 14.2. The SMILES string of the molecule is CCn1cc(Cc2cn(C)nc2-c2ccc(F)cc2[C@@H](C)O)c(C(C)C)n1.CCn1cc(Cc2cn(C)nc2-c2ccc(F)cc2[C@@H](C)Oc2cc(Br)cnc2[N+](=O)[O-])c(C(C)C)n1.O=[N+]([O-])c1ncc(Br)cc1F. The molecule has 18 nitrogen and oxygen atoms in total. The van der Waals surface area contributed by atoms with Crippen LogP contribution in [-0.4, -0.2) is 64.0 Å². The quantitative estimate of drug-likeness (QED) is 0.0707. The number of hydrogen-bond acceptors (Lipinski definition) is 12. The lowest BCUT2D eigenvalue weighted by atomic mass is 9.94. The molecule has 0 spiro atoms. The molecule has 0 aliphatic rings. The minimum atomic E-state index is -0.940. The molecule has 2 atom stereocenters. The molecule has 23 heteroatoms. The van der Waals surface area contributed by atoms with Crippen molar-refractivity contribution < 1.29 is 32.9 Å². The van der Waals surface area contributed by atoms with Crippen LogP contribution >= 0.6 is 31.9 Å². The van der Waals surface area contributed by atoms with Crippen molar-refractivity contribution in [3.05, 3.63) is 177 Å². The number of rotatable bonds is 16. The van der Waals surface area contributed by atoms with Crippen molar-refractivity contribution in [1.82, 2.24) is 49.1 Å². The molecule has 0 unspecified atom stereocenters.